The van der Waals surface area contributed by atoms with E-state index in [2.05, 4.69) is 182 Å². The first kappa shape index (κ1) is 34.2. The van der Waals surface area contributed by atoms with E-state index < -0.39 is 0 Å². The molecule has 3 heterocycles. The van der Waals surface area contributed by atoms with Gasteiger partial charge in [-0.3, -0.25) is 9.98 Å². The molecule has 0 saturated carbocycles. The Kier molecular flexibility index (Phi) is 8.65. The van der Waals surface area contributed by atoms with Crippen molar-refractivity contribution in [1.29, 1.82) is 0 Å². The van der Waals surface area contributed by atoms with Gasteiger partial charge in [-0.1, -0.05) is 140 Å². The number of aliphatic imine (C=N–C) groups is 1. The highest BCUT2D eigenvalue weighted by molar-refractivity contribution is 6.26. The second kappa shape index (κ2) is 14.4. The average molecular weight is 734 g/mol. The smallest absolute Gasteiger partial charge is 0.135 e. The molecule has 1 atom stereocenters. The van der Waals surface area contributed by atoms with Gasteiger partial charge in [-0.05, 0) is 94.8 Å². The maximum Gasteiger partial charge on any atom is 0.135 e. The molecule has 0 saturated heterocycles. The molecule has 0 aliphatic heterocycles. The van der Waals surface area contributed by atoms with Gasteiger partial charge in [0, 0.05) is 50.6 Å². The van der Waals surface area contributed by atoms with Crippen LogP contribution in [0.1, 0.15) is 36.6 Å². The molecule has 4 nitrogen and oxygen atoms in total. The molecule has 0 aliphatic rings. The lowest BCUT2D eigenvalue weighted by atomic mass is 9.93. The van der Waals surface area contributed by atoms with E-state index in [0.29, 0.717) is 0 Å². The Morgan fingerprint density at radius 1 is 0.614 bits per heavy atom. The molecule has 10 rings (SSSR count). The van der Waals surface area contributed by atoms with Gasteiger partial charge in [0.2, 0.25) is 0 Å². The molecule has 0 amide bonds. The molecule has 57 heavy (non-hydrogen) atoms. The largest absolute Gasteiger partial charge is 0.456 e. The highest BCUT2D eigenvalue weighted by atomic mass is 16.3. The van der Waals surface area contributed by atoms with Crippen LogP contribution in [0.15, 0.2) is 198 Å². The summed E-state index contributed by atoms with van der Waals surface area (Å²) in [5.74, 6) is 0. The maximum atomic E-state index is 6.19. The molecule has 272 valence electrons. The van der Waals surface area contributed by atoms with Crippen LogP contribution < -0.4 is 0 Å². The van der Waals surface area contributed by atoms with Crippen LogP contribution >= 0.6 is 0 Å². The van der Waals surface area contributed by atoms with Gasteiger partial charge in [0.25, 0.3) is 0 Å². The Morgan fingerprint density at radius 2 is 1.28 bits per heavy atom. The summed E-state index contributed by atoms with van der Waals surface area (Å²) in [5.41, 5.74) is 16.4. The SMILES string of the molecule is C/C(=C\C(=N[C@H](C)c1ccc(-c2ccc(-c3cccnc3)cc2)cc1)c1ccc(-c2ccc3oc4ccccc4c3c2)c2[nH]c3ccccc3c12)c1ccccc1. The zero-order chi connectivity index (χ0) is 38.3. The van der Waals surface area contributed by atoms with Gasteiger partial charge in [0.05, 0.1) is 17.3 Å². The predicted molar refractivity (Wildman–Crippen MR) is 239 cm³/mol. The van der Waals surface area contributed by atoms with Crippen molar-refractivity contribution < 1.29 is 4.42 Å². The fraction of sp³-hybridized carbons (Fsp3) is 0.0566. The van der Waals surface area contributed by atoms with Gasteiger partial charge in [-0.25, -0.2) is 0 Å². The summed E-state index contributed by atoms with van der Waals surface area (Å²) in [6.07, 6.45) is 5.96. The number of furan rings is 1. The first-order chi connectivity index (χ1) is 28.1. The monoisotopic (exact) mass is 733 g/mol. The van der Waals surface area contributed by atoms with Gasteiger partial charge in [0.1, 0.15) is 11.2 Å². The van der Waals surface area contributed by atoms with Gasteiger partial charge < -0.3 is 9.40 Å². The summed E-state index contributed by atoms with van der Waals surface area (Å²) in [4.78, 5) is 13.6. The third-order valence-electron chi connectivity index (χ3n) is 11.1. The molecule has 3 aromatic heterocycles. The summed E-state index contributed by atoms with van der Waals surface area (Å²) in [6.45, 7) is 4.36. The van der Waals surface area contributed by atoms with Crippen molar-refractivity contribution in [2.75, 3.05) is 0 Å². The summed E-state index contributed by atoms with van der Waals surface area (Å²) in [7, 11) is 0. The number of hydrogen-bond acceptors (Lipinski definition) is 3. The van der Waals surface area contributed by atoms with Gasteiger partial charge in [-0.2, -0.15) is 0 Å². The van der Waals surface area contributed by atoms with Crippen LogP contribution in [0.25, 0.3) is 82.7 Å². The third-order valence-corrected chi connectivity index (χ3v) is 11.1. The number of fused-ring (bicyclic) bond motifs is 6. The number of aromatic nitrogens is 2. The molecule has 1 N–H and O–H groups in total. The Morgan fingerprint density at radius 3 is 2.05 bits per heavy atom. The lowest BCUT2D eigenvalue weighted by Gasteiger charge is -2.15. The normalized spacial score (nSPS) is 12.9. The van der Waals surface area contributed by atoms with E-state index in [1.165, 1.54) is 22.1 Å². The van der Waals surface area contributed by atoms with E-state index in [9.17, 15) is 0 Å². The number of allylic oxidation sites excluding steroid dienone is 2. The fourth-order valence-corrected chi connectivity index (χ4v) is 8.10. The second-order valence-electron chi connectivity index (χ2n) is 14.7. The second-order valence-corrected chi connectivity index (χ2v) is 14.7. The Bertz CT molecular complexity index is 3120. The number of H-pyrrole nitrogens is 1. The van der Waals surface area contributed by atoms with Gasteiger partial charge in [-0.15, -0.1) is 0 Å². The van der Waals surface area contributed by atoms with Crippen molar-refractivity contribution >= 4 is 55.0 Å². The molecule has 7 aromatic carbocycles. The maximum absolute atomic E-state index is 6.19. The number of nitrogens with zero attached hydrogens (tertiary/aromatic N) is 2. The van der Waals surface area contributed by atoms with Crippen LogP contribution in [-0.2, 0) is 0 Å². The van der Waals surface area contributed by atoms with Crippen molar-refractivity contribution in [2.45, 2.75) is 19.9 Å². The Hall–Kier alpha value is -7.30. The summed E-state index contributed by atoms with van der Waals surface area (Å²) in [6, 6.07) is 59.9. The molecule has 0 unspecified atom stereocenters. The zero-order valence-corrected chi connectivity index (χ0v) is 31.8. The molecular weight excluding hydrogens is 695 g/mol. The van der Waals surface area contributed by atoms with E-state index in [4.69, 9.17) is 9.41 Å². The standard InChI is InChI=1S/C53H39N3O/c1-34(36-11-4-3-5-12-36)31-49(55-35(2)37-18-20-38(21-19-37)39-22-24-40(25-23-39)42-13-10-30-54-33-42)46-28-27-43(53-52(46)45-15-6-8-16-48(45)56-53)41-26-29-51-47(32-41)44-14-7-9-17-50(44)57-51/h3-33,35,56H,1-2H3/b34-31+,55-49?/t35-/m1/s1. The molecule has 0 fully saturated rings. The molecule has 0 spiro atoms. The first-order valence-corrected chi connectivity index (χ1v) is 19.5. The van der Waals surface area contributed by atoms with Crippen LogP contribution in [0.4, 0.5) is 0 Å². The minimum Gasteiger partial charge on any atom is -0.456 e. The molecule has 10 aromatic rings. The zero-order valence-electron chi connectivity index (χ0n) is 31.8. The van der Waals surface area contributed by atoms with Gasteiger partial charge in [0.15, 0.2) is 0 Å². The topological polar surface area (TPSA) is 54.2 Å². The van der Waals surface area contributed by atoms with E-state index in [1.807, 2.05) is 24.4 Å². The molecule has 0 aliphatic carbocycles. The number of nitrogens with one attached hydrogen (secondary N) is 1. The number of rotatable bonds is 8. The minimum absolute atomic E-state index is 0.0986. The summed E-state index contributed by atoms with van der Waals surface area (Å²) < 4.78 is 6.19. The summed E-state index contributed by atoms with van der Waals surface area (Å²) >= 11 is 0. The number of para-hydroxylation sites is 2. The van der Waals surface area contributed by atoms with E-state index >= 15 is 0 Å². The van der Waals surface area contributed by atoms with E-state index in [1.54, 1.807) is 6.20 Å². The fourth-order valence-electron chi connectivity index (χ4n) is 8.10. The van der Waals surface area contributed by atoms with Crippen LogP contribution in [0.5, 0.6) is 0 Å². The number of benzene rings is 7. The number of aromatic amines is 1. The van der Waals surface area contributed by atoms with Gasteiger partial charge >= 0.3 is 0 Å². The average Bonchev–Trinajstić information content (AvgIpc) is 3.85. The van der Waals surface area contributed by atoms with Crippen molar-refractivity contribution in [3.8, 4) is 33.4 Å². The molecule has 0 bridgehead atoms. The van der Waals surface area contributed by atoms with Crippen LogP contribution in [0.3, 0.4) is 0 Å². The highest BCUT2D eigenvalue weighted by Gasteiger charge is 2.19. The van der Waals surface area contributed by atoms with E-state index in [0.717, 1.165) is 83.0 Å². The van der Waals surface area contributed by atoms with Crippen LogP contribution in [-0.4, -0.2) is 15.7 Å². The quantitative estimate of drug-likeness (QED) is 0.158. The third kappa shape index (κ3) is 6.41. The lowest BCUT2D eigenvalue weighted by molar-refractivity contribution is 0.669. The molecular formula is C53H39N3O. The summed E-state index contributed by atoms with van der Waals surface area (Å²) in [5, 5.41) is 4.56. The number of pyridine rings is 1. The predicted octanol–water partition coefficient (Wildman–Crippen LogP) is 14.3. The Balaban J connectivity index is 1.08. The Labute approximate surface area is 331 Å². The van der Waals surface area contributed by atoms with Crippen molar-refractivity contribution in [2.24, 2.45) is 4.99 Å². The first-order valence-electron chi connectivity index (χ1n) is 19.5. The van der Waals surface area contributed by atoms with Crippen molar-refractivity contribution in [3.05, 3.63) is 205 Å². The van der Waals surface area contributed by atoms with Crippen molar-refractivity contribution in [3.63, 3.8) is 0 Å². The molecule has 4 heteroatoms. The van der Waals surface area contributed by atoms with Crippen LogP contribution in [0.2, 0.25) is 0 Å². The van der Waals surface area contributed by atoms with E-state index in [-0.39, 0.29) is 6.04 Å². The lowest BCUT2D eigenvalue weighted by Crippen LogP contribution is -2.03. The minimum atomic E-state index is -0.0986. The highest BCUT2D eigenvalue weighted by Crippen LogP contribution is 2.39. The molecule has 0 radical (unpaired) electrons. The van der Waals surface area contributed by atoms with Crippen molar-refractivity contribution in [1.82, 2.24) is 9.97 Å². The number of hydrogen-bond donors (Lipinski definition) is 1. The van der Waals surface area contributed by atoms with Crippen LogP contribution in [0, 0.1) is 0 Å².